The predicted molar refractivity (Wildman–Crippen MR) is 104 cm³/mol. The smallest absolute Gasteiger partial charge is 0.342 e. The molecule has 27 heavy (non-hydrogen) atoms. The lowest BCUT2D eigenvalue weighted by molar-refractivity contribution is -0.135. The van der Waals surface area contributed by atoms with Gasteiger partial charge in [0.25, 0.3) is 5.91 Å². The van der Waals surface area contributed by atoms with Crippen molar-refractivity contribution in [2.75, 3.05) is 13.7 Å². The third kappa shape index (κ3) is 3.92. The lowest BCUT2D eigenvalue weighted by Gasteiger charge is -2.25. The van der Waals surface area contributed by atoms with Crippen molar-refractivity contribution in [2.24, 2.45) is 0 Å². The second kappa shape index (κ2) is 7.91. The van der Waals surface area contributed by atoms with Gasteiger partial charge in [-0.25, -0.2) is 4.79 Å². The third-order valence-electron chi connectivity index (χ3n) is 4.70. The van der Waals surface area contributed by atoms with Crippen LogP contribution in [0.25, 0.3) is 10.8 Å². The van der Waals surface area contributed by atoms with Crippen LogP contribution in [-0.2, 0) is 9.53 Å². The van der Waals surface area contributed by atoms with Gasteiger partial charge >= 0.3 is 5.97 Å². The first-order chi connectivity index (χ1) is 13.0. The van der Waals surface area contributed by atoms with Crippen molar-refractivity contribution in [3.05, 3.63) is 77.9 Å². The number of ether oxygens (including phenoxy) is 1. The molecule has 0 bridgehead atoms. The van der Waals surface area contributed by atoms with Crippen molar-refractivity contribution in [3.8, 4) is 5.75 Å². The second-order valence-electron chi connectivity index (χ2n) is 6.35. The number of phenolic OH excluding ortho intramolecular Hbond substituents is 1. The van der Waals surface area contributed by atoms with E-state index in [0.29, 0.717) is 5.39 Å². The van der Waals surface area contributed by atoms with Crippen LogP contribution in [0.1, 0.15) is 28.9 Å². The highest BCUT2D eigenvalue weighted by molar-refractivity contribution is 6.01. The number of carbonyl (C=O) groups excluding carboxylic acids is 2. The maximum atomic E-state index is 12.4. The Hall–Kier alpha value is -3.34. The molecule has 1 amide bonds. The number of nitrogens with zero attached hydrogens (tertiary/aromatic N) is 1. The van der Waals surface area contributed by atoms with E-state index in [0.717, 1.165) is 10.9 Å². The van der Waals surface area contributed by atoms with Gasteiger partial charge in [-0.3, -0.25) is 4.79 Å². The zero-order valence-electron chi connectivity index (χ0n) is 15.3. The van der Waals surface area contributed by atoms with Gasteiger partial charge in [0.1, 0.15) is 11.3 Å². The second-order valence-corrected chi connectivity index (χ2v) is 6.35. The normalized spacial score (nSPS) is 11.8. The van der Waals surface area contributed by atoms with Gasteiger partial charge in [-0.05, 0) is 23.9 Å². The molecule has 1 unspecified atom stereocenters. The topological polar surface area (TPSA) is 66.8 Å². The molecule has 3 aromatic rings. The summed E-state index contributed by atoms with van der Waals surface area (Å²) in [6.07, 6.45) is 0. The van der Waals surface area contributed by atoms with Crippen molar-refractivity contribution >= 4 is 22.6 Å². The molecule has 0 saturated carbocycles. The molecule has 0 heterocycles. The minimum Gasteiger partial charge on any atom is -0.506 e. The van der Waals surface area contributed by atoms with Crippen LogP contribution >= 0.6 is 0 Å². The van der Waals surface area contributed by atoms with Crippen molar-refractivity contribution < 1.29 is 19.4 Å². The van der Waals surface area contributed by atoms with E-state index < -0.39 is 12.6 Å². The van der Waals surface area contributed by atoms with Crippen LogP contribution in [0.2, 0.25) is 0 Å². The minimum absolute atomic E-state index is 0.0419. The number of esters is 1. The largest absolute Gasteiger partial charge is 0.506 e. The first-order valence-corrected chi connectivity index (χ1v) is 8.67. The van der Waals surface area contributed by atoms with Crippen LogP contribution in [0.15, 0.2) is 66.7 Å². The zero-order chi connectivity index (χ0) is 19.4. The summed E-state index contributed by atoms with van der Waals surface area (Å²) < 4.78 is 5.14. The van der Waals surface area contributed by atoms with Gasteiger partial charge in [0.05, 0.1) is 6.04 Å². The van der Waals surface area contributed by atoms with Crippen LogP contribution in [0.4, 0.5) is 0 Å². The maximum absolute atomic E-state index is 12.4. The molecule has 0 saturated heterocycles. The number of benzene rings is 3. The summed E-state index contributed by atoms with van der Waals surface area (Å²) in [6, 6.07) is 19.9. The number of phenols is 1. The molecular weight excluding hydrogens is 342 g/mol. The summed E-state index contributed by atoms with van der Waals surface area (Å²) in [5.41, 5.74) is 1.03. The molecule has 0 fully saturated rings. The van der Waals surface area contributed by atoms with E-state index in [1.807, 2.05) is 49.4 Å². The molecule has 0 spiro atoms. The Labute approximate surface area is 157 Å². The summed E-state index contributed by atoms with van der Waals surface area (Å²) in [4.78, 5) is 26.2. The van der Waals surface area contributed by atoms with Crippen LogP contribution in [0.5, 0.6) is 5.75 Å². The monoisotopic (exact) mass is 363 g/mol. The maximum Gasteiger partial charge on any atom is 0.342 e. The van der Waals surface area contributed by atoms with Gasteiger partial charge in [-0.15, -0.1) is 0 Å². The van der Waals surface area contributed by atoms with E-state index in [9.17, 15) is 14.7 Å². The van der Waals surface area contributed by atoms with Gasteiger partial charge in [0.2, 0.25) is 0 Å². The number of hydrogen-bond acceptors (Lipinski definition) is 4. The number of fused-ring (bicyclic) bond motifs is 1. The molecule has 3 aromatic carbocycles. The van der Waals surface area contributed by atoms with Crippen molar-refractivity contribution in [2.45, 2.75) is 13.0 Å². The first-order valence-electron chi connectivity index (χ1n) is 8.67. The lowest BCUT2D eigenvalue weighted by atomic mass is 10.1. The van der Waals surface area contributed by atoms with Gasteiger partial charge < -0.3 is 14.7 Å². The minimum atomic E-state index is -0.729. The highest BCUT2D eigenvalue weighted by atomic mass is 16.5. The van der Waals surface area contributed by atoms with Crippen molar-refractivity contribution in [1.29, 1.82) is 0 Å². The van der Waals surface area contributed by atoms with E-state index >= 15 is 0 Å². The average Bonchev–Trinajstić information content (AvgIpc) is 2.71. The van der Waals surface area contributed by atoms with Crippen LogP contribution in [-0.4, -0.2) is 35.5 Å². The van der Waals surface area contributed by atoms with Crippen molar-refractivity contribution in [3.63, 3.8) is 0 Å². The van der Waals surface area contributed by atoms with E-state index in [-0.39, 0.29) is 23.3 Å². The zero-order valence-corrected chi connectivity index (χ0v) is 15.3. The molecule has 0 radical (unpaired) electrons. The fourth-order valence-corrected chi connectivity index (χ4v) is 2.90. The lowest BCUT2D eigenvalue weighted by Crippen LogP contribution is -2.33. The number of hydrogen-bond donors (Lipinski definition) is 1. The fraction of sp³-hybridized carbons (Fsp3) is 0.182. The molecular formula is C22H21NO4. The fourth-order valence-electron chi connectivity index (χ4n) is 2.90. The number of likely N-dealkylation sites (N-methyl/N-ethyl adjacent to an activating group) is 1. The van der Waals surface area contributed by atoms with Gasteiger partial charge in [-0.2, -0.15) is 0 Å². The first kappa shape index (κ1) is 18.5. The highest BCUT2D eigenvalue weighted by Gasteiger charge is 2.20. The highest BCUT2D eigenvalue weighted by Crippen LogP contribution is 2.29. The Bertz CT molecular complexity index is 968. The Morgan fingerprint density at radius 3 is 2.41 bits per heavy atom. The number of aromatic hydroxyl groups is 1. The average molecular weight is 363 g/mol. The molecule has 0 aromatic heterocycles. The molecule has 1 atom stereocenters. The molecule has 3 rings (SSSR count). The quantitative estimate of drug-likeness (QED) is 0.698. The van der Waals surface area contributed by atoms with Crippen molar-refractivity contribution in [1.82, 2.24) is 4.90 Å². The summed E-state index contributed by atoms with van der Waals surface area (Å²) >= 11 is 0. The standard InChI is InChI=1S/C22H21NO4/c1-15(16-8-4-3-5-9-16)23(2)20(24)14-27-22(26)19-13-12-17-10-6-7-11-18(17)21(19)25/h3-13,15,25H,14H2,1-2H3. The van der Waals surface area contributed by atoms with Crippen LogP contribution in [0, 0.1) is 0 Å². The molecule has 0 aliphatic heterocycles. The Morgan fingerprint density at radius 2 is 1.67 bits per heavy atom. The molecule has 0 aliphatic rings. The molecule has 5 heteroatoms. The molecule has 5 nitrogen and oxygen atoms in total. The summed E-state index contributed by atoms with van der Waals surface area (Å²) in [5.74, 6) is -1.19. The van der Waals surface area contributed by atoms with E-state index in [2.05, 4.69) is 0 Å². The summed E-state index contributed by atoms with van der Waals surface area (Å²) in [7, 11) is 1.67. The van der Waals surface area contributed by atoms with Gasteiger partial charge in [0, 0.05) is 12.4 Å². The SMILES string of the molecule is CC(c1ccccc1)N(C)C(=O)COC(=O)c1ccc2ccccc2c1O. The van der Waals surface area contributed by atoms with Crippen LogP contribution in [0.3, 0.4) is 0 Å². The van der Waals surface area contributed by atoms with E-state index in [1.54, 1.807) is 25.2 Å². The molecule has 0 aliphatic carbocycles. The van der Waals surface area contributed by atoms with E-state index in [1.165, 1.54) is 11.0 Å². The summed E-state index contributed by atoms with van der Waals surface area (Å²) in [6.45, 7) is 1.52. The number of carbonyl (C=O) groups is 2. The van der Waals surface area contributed by atoms with Gasteiger partial charge in [-0.1, -0.05) is 60.7 Å². The third-order valence-corrected chi connectivity index (χ3v) is 4.70. The summed E-state index contributed by atoms with van der Waals surface area (Å²) in [5, 5.41) is 11.7. The van der Waals surface area contributed by atoms with E-state index in [4.69, 9.17) is 4.74 Å². The molecule has 138 valence electrons. The number of rotatable bonds is 5. The van der Waals surface area contributed by atoms with Crippen LogP contribution < -0.4 is 0 Å². The van der Waals surface area contributed by atoms with Gasteiger partial charge in [0.15, 0.2) is 6.61 Å². The number of amides is 1. The predicted octanol–water partition coefficient (Wildman–Crippen LogP) is 3.92. The Morgan fingerprint density at radius 1 is 1.00 bits per heavy atom. The Balaban J connectivity index is 1.67. The Kier molecular flexibility index (Phi) is 5.41. The molecule has 1 N–H and O–H groups in total.